The molecule has 2 rings (SSSR count). The number of nitrogens with zero attached hydrogens (tertiary/aromatic N) is 2. The Labute approximate surface area is 94.2 Å². The normalized spacial score (nSPS) is 21.1. The highest BCUT2D eigenvalue weighted by Crippen LogP contribution is 2.18. The van der Waals surface area contributed by atoms with E-state index in [1.54, 1.807) is 0 Å². The molecule has 4 nitrogen and oxygen atoms in total. The Balaban J connectivity index is 1.82. The van der Waals surface area contributed by atoms with E-state index in [0.717, 1.165) is 30.5 Å². The highest BCUT2D eigenvalue weighted by atomic mass is 32.1. The van der Waals surface area contributed by atoms with E-state index < -0.39 is 0 Å². The summed E-state index contributed by atoms with van der Waals surface area (Å²) in [4.78, 5) is 4.41. The number of aromatic nitrogens is 2. The quantitative estimate of drug-likeness (QED) is 0.857. The number of ether oxygens (including phenoxy) is 1. The molecule has 1 aliphatic heterocycles. The van der Waals surface area contributed by atoms with Gasteiger partial charge < -0.3 is 10.1 Å². The zero-order chi connectivity index (χ0) is 10.7. The Bertz CT molecular complexity index is 307. The zero-order valence-electron chi connectivity index (χ0n) is 9.19. The molecule has 1 unspecified atom stereocenters. The lowest BCUT2D eigenvalue weighted by atomic mass is 10.2. The van der Waals surface area contributed by atoms with Crippen molar-refractivity contribution in [2.75, 3.05) is 18.5 Å². The van der Waals surface area contributed by atoms with Crippen molar-refractivity contribution in [2.45, 2.75) is 38.7 Å². The van der Waals surface area contributed by atoms with Gasteiger partial charge in [0.05, 0.1) is 6.10 Å². The molecule has 0 aromatic carbocycles. The molecule has 0 radical (unpaired) electrons. The number of hydrogen-bond donors (Lipinski definition) is 1. The first-order chi connectivity index (χ1) is 7.25. The summed E-state index contributed by atoms with van der Waals surface area (Å²) in [7, 11) is 0. The largest absolute Gasteiger partial charge is 0.376 e. The van der Waals surface area contributed by atoms with E-state index in [2.05, 4.69) is 28.5 Å². The number of anilines is 1. The van der Waals surface area contributed by atoms with E-state index >= 15 is 0 Å². The van der Waals surface area contributed by atoms with E-state index in [-0.39, 0.29) is 0 Å². The summed E-state index contributed by atoms with van der Waals surface area (Å²) in [6.45, 7) is 5.96. The van der Waals surface area contributed by atoms with Crippen LogP contribution in [0.5, 0.6) is 0 Å². The van der Waals surface area contributed by atoms with Crippen LogP contribution in [0.4, 0.5) is 5.13 Å². The van der Waals surface area contributed by atoms with E-state index in [9.17, 15) is 0 Å². The summed E-state index contributed by atoms with van der Waals surface area (Å²) in [5, 5.41) is 4.19. The van der Waals surface area contributed by atoms with Gasteiger partial charge in [-0.05, 0) is 12.8 Å². The van der Waals surface area contributed by atoms with Gasteiger partial charge in [-0.3, -0.25) is 0 Å². The van der Waals surface area contributed by atoms with Crippen LogP contribution in [0.1, 0.15) is 38.4 Å². The van der Waals surface area contributed by atoms with Crippen LogP contribution in [-0.2, 0) is 4.74 Å². The second-order valence-electron chi connectivity index (χ2n) is 4.13. The molecule has 1 aliphatic rings. The minimum atomic E-state index is 0.358. The third kappa shape index (κ3) is 2.89. The predicted molar refractivity (Wildman–Crippen MR) is 61.5 cm³/mol. The molecule has 0 spiro atoms. The van der Waals surface area contributed by atoms with Crippen LogP contribution in [0.15, 0.2) is 0 Å². The Hall–Kier alpha value is -0.680. The maximum Gasteiger partial charge on any atom is 0.202 e. The molecule has 15 heavy (non-hydrogen) atoms. The molecule has 1 atom stereocenters. The van der Waals surface area contributed by atoms with Gasteiger partial charge in [-0.2, -0.15) is 4.37 Å². The van der Waals surface area contributed by atoms with Gasteiger partial charge in [-0.25, -0.2) is 4.98 Å². The maximum absolute atomic E-state index is 5.52. The summed E-state index contributed by atoms with van der Waals surface area (Å²) >= 11 is 1.43. The van der Waals surface area contributed by atoms with Crippen LogP contribution >= 0.6 is 11.5 Å². The van der Waals surface area contributed by atoms with Crippen molar-refractivity contribution in [3.8, 4) is 0 Å². The number of hydrogen-bond acceptors (Lipinski definition) is 5. The topological polar surface area (TPSA) is 47.0 Å². The lowest BCUT2D eigenvalue weighted by Gasteiger charge is -2.08. The van der Waals surface area contributed by atoms with Crippen molar-refractivity contribution in [1.82, 2.24) is 9.36 Å². The monoisotopic (exact) mass is 227 g/mol. The fourth-order valence-corrected chi connectivity index (χ4v) is 2.26. The molecule has 1 N–H and O–H groups in total. The Morgan fingerprint density at radius 2 is 2.47 bits per heavy atom. The Morgan fingerprint density at radius 1 is 1.60 bits per heavy atom. The van der Waals surface area contributed by atoms with E-state index in [1.165, 1.54) is 18.0 Å². The number of rotatable bonds is 4. The second kappa shape index (κ2) is 4.90. The van der Waals surface area contributed by atoms with Crippen molar-refractivity contribution < 1.29 is 4.74 Å². The van der Waals surface area contributed by atoms with Gasteiger partial charge >= 0.3 is 0 Å². The van der Waals surface area contributed by atoms with Crippen molar-refractivity contribution in [3.05, 3.63) is 5.82 Å². The van der Waals surface area contributed by atoms with E-state index in [1.807, 2.05) is 0 Å². The summed E-state index contributed by atoms with van der Waals surface area (Å²) in [5.74, 6) is 1.33. The van der Waals surface area contributed by atoms with Crippen LogP contribution in [0, 0.1) is 0 Å². The minimum Gasteiger partial charge on any atom is -0.376 e. The predicted octanol–water partition coefficient (Wildman–Crippen LogP) is 2.25. The van der Waals surface area contributed by atoms with Crippen molar-refractivity contribution in [2.24, 2.45) is 0 Å². The molecule has 1 saturated heterocycles. The first kappa shape index (κ1) is 10.8. The molecular weight excluding hydrogens is 210 g/mol. The first-order valence-electron chi connectivity index (χ1n) is 5.45. The SMILES string of the molecule is CC(C)c1nsc(NCC2CCCO2)n1. The van der Waals surface area contributed by atoms with Crippen molar-refractivity contribution >= 4 is 16.7 Å². The van der Waals surface area contributed by atoms with Gasteiger partial charge in [0.2, 0.25) is 5.13 Å². The van der Waals surface area contributed by atoms with Crippen LogP contribution in [0.25, 0.3) is 0 Å². The second-order valence-corrected chi connectivity index (χ2v) is 4.88. The Kier molecular flexibility index (Phi) is 3.53. The van der Waals surface area contributed by atoms with Crippen molar-refractivity contribution in [1.29, 1.82) is 0 Å². The van der Waals surface area contributed by atoms with Crippen molar-refractivity contribution in [3.63, 3.8) is 0 Å². The van der Waals surface area contributed by atoms with Crippen LogP contribution in [-0.4, -0.2) is 28.6 Å². The number of nitrogens with one attached hydrogen (secondary N) is 1. The van der Waals surface area contributed by atoms with Gasteiger partial charge in [0, 0.05) is 30.6 Å². The highest BCUT2D eigenvalue weighted by molar-refractivity contribution is 7.09. The van der Waals surface area contributed by atoms with Gasteiger partial charge in [-0.1, -0.05) is 13.8 Å². The van der Waals surface area contributed by atoms with Crippen LogP contribution in [0.2, 0.25) is 0 Å². The molecule has 0 bridgehead atoms. The smallest absolute Gasteiger partial charge is 0.202 e. The molecular formula is C10H17N3OS. The van der Waals surface area contributed by atoms with Crippen LogP contribution < -0.4 is 5.32 Å². The molecule has 5 heteroatoms. The third-order valence-electron chi connectivity index (χ3n) is 2.46. The zero-order valence-corrected chi connectivity index (χ0v) is 10.0. The molecule has 1 fully saturated rings. The van der Waals surface area contributed by atoms with Gasteiger partial charge in [0.25, 0.3) is 0 Å². The molecule has 1 aromatic heterocycles. The maximum atomic E-state index is 5.52. The highest BCUT2D eigenvalue weighted by Gasteiger charge is 2.15. The third-order valence-corrected chi connectivity index (χ3v) is 3.15. The van der Waals surface area contributed by atoms with E-state index in [0.29, 0.717) is 12.0 Å². The average molecular weight is 227 g/mol. The summed E-state index contributed by atoms with van der Waals surface area (Å²) in [5.41, 5.74) is 0. The lowest BCUT2D eigenvalue weighted by molar-refractivity contribution is 0.120. The minimum absolute atomic E-state index is 0.358. The summed E-state index contributed by atoms with van der Waals surface area (Å²) in [6.07, 6.45) is 2.69. The van der Waals surface area contributed by atoms with Gasteiger partial charge in [0.1, 0.15) is 5.82 Å². The molecule has 84 valence electrons. The van der Waals surface area contributed by atoms with E-state index in [4.69, 9.17) is 4.74 Å². The molecule has 2 heterocycles. The molecule has 1 aromatic rings. The van der Waals surface area contributed by atoms with Gasteiger partial charge in [0.15, 0.2) is 0 Å². The fourth-order valence-electron chi connectivity index (χ4n) is 1.55. The molecule has 0 aliphatic carbocycles. The molecule has 0 saturated carbocycles. The Morgan fingerprint density at radius 3 is 3.07 bits per heavy atom. The van der Waals surface area contributed by atoms with Gasteiger partial charge in [-0.15, -0.1) is 0 Å². The summed E-state index contributed by atoms with van der Waals surface area (Å²) < 4.78 is 9.81. The molecule has 0 amide bonds. The fraction of sp³-hybridized carbons (Fsp3) is 0.800. The average Bonchev–Trinajstić information content (AvgIpc) is 2.86. The van der Waals surface area contributed by atoms with Crippen LogP contribution in [0.3, 0.4) is 0 Å². The summed E-state index contributed by atoms with van der Waals surface area (Å²) in [6, 6.07) is 0. The standard InChI is InChI=1S/C10H17N3OS/c1-7(2)9-12-10(15-13-9)11-6-8-4-3-5-14-8/h7-8H,3-6H2,1-2H3,(H,11,12,13). The lowest BCUT2D eigenvalue weighted by Crippen LogP contribution is -2.18. The first-order valence-corrected chi connectivity index (χ1v) is 6.22.